The fraction of sp³-hybridized carbons (Fsp3) is 0.190. The molecule has 3 amide bonds. The Hall–Kier alpha value is -3.41. The normalized spacial score (nSPS) is 17.0. The number of piperidine rings is 1. The number of benzene rings is 2. The highest BCUT2D eigenvalue weighted by atomic mass is 16.3. The van der Waals surface area contributed by atoms with E-state index in [0.717, 1.165) is 16.5 Å². The number of carbonyl (C=O) groups excluding carboxylic acids is 3. The maximum atomic E-state index is 12.4. The number of rotatable bonds is 3. The number of fused-ring (bicyclic) bond motifs is 1. The Morgan fingerprint density at radius 3 is 2.67 bits per heavy atom. The average molecular weight is 362 g/mol. The van der Waals surface area contributed by atoms with E-state index in [0.29, 0.717) is 29.7 Å². The summed E-state index contributed by atoms with van der Waals surface area (Å²) in [7, 11) is 0. The van der Waals surface area contributed by atoms with Gasteiger partial charge >= 0.3 is 0 Å². The Morgan fingerprint density at radius 2 is 1.93 bits per heavy atom. The molecule has 136 valence electrons. The second-order valence-electron chi connectivity index (χ2n) is 6.73. The summed E-state index contributed by atoms with van der Waals surface area (Å²) in [5, 5.41) is 5.99. The van der Waals surface area contributed by atoms with E-state index in [1.54, 1.807) is 36.6 Å². The molecule has 6 heteroatoms. The van der Waals surface area contributed by atoms with E-state index >= 15 is 0 Å². The van der Waals surface area contributed by atoms with E-state index < -0.39 is 5.92 Å². The van der Waals surface area contributed by atoms with Gasteiger partial charge in [-0.15, -0.1) is 0 Å². The van der Waals surface area contributed by atoms with Gasteiger partial charge in [-0.25, -0.2) is 0 Å². The van der Waals surface area contributed by atoms with Crippen LogP contribution in [0.2, 0.25) is 0 Å². The molecule has 2 heterocycles. The molecule has 2 aromatic carbocycles. The van der Waals surface area contributed by atoms with E-state index in [4.69, 9.17) is 4.42 Å². The first-order chi connectivity index (χ1) is 13.0. The van der Waals surface area contributed by atoms with Crippen LogP contribution >= 0.6 is 0 Å². The van der Waals surface area contributed by atoms with Gasteiger partial charge in [-0.1, -0.05) is 17.7 Å². The zero-order valence-corrected chi connectivity index (χ0v) is 14.7. The van der Waals surface area contributed by atoms with Crippen LogP contribution in [0, 0.1) is 6.92 Å². The van der Waals surface area contributed by atoms with Gasteiger partial charge in [0.05, 0.1) is 12.2 Å². The van der Waals surface area contributed by atoms with Gasteiger partial charge in [0.25, 0.3) is 5.91 Å². The zero-order valence-electron chi connectivity index (χ0n) is 14.7. The number of amides is 3. The summed E-state index contributed by atoms with van der Waals surface area (Å²) < 4.78 is 5.56. The first kappa shape index (κ1) is 17.0. The number of aryl methyl sites for hydroxylation is 1. The molecule has 1 saturated heterocycles. The van der Waals surface area contributed by atoms with Crippen LogP contribution in [0.15, 0.2) is 53.1 Å². The van der Waals surface area contributed by atoms with Gasteiger partial charge in [0.1, 0.15) is 5.58 Å². The molecule has 1 aromatic heterocycles. The van der Waals surface area contributed by atoms with Crippen molar-refractivity contribution < 1.29 is 18.8 Å². The van der Waals surface area contributed by atoms with E-state index in [1.165, 1.54) is 0 Å². The molecular formula is C21H18N2O4. The van der Waals surface area contributed by atoms with Gasteiger partial charge in [0, 0.05) is 28.6 Å². The van der Waals surface area contributed by atoms with Crippen LogP contribution in [0.4, 0.5) is 5.69 Å². The zero-order chi connectivity index (χ0) is 19.0. The lowest BCUT2D eigenvalue weighted by Gasteiger charge is -2.19. The highest BCUT2D eigenvalue weighted by Gasteiger charge is 2.30. The number of hydrogen-bond acceptors (Lipinski definition) is 4. The van der Waals surface area contributed by atoms with Crippen LogP contribution in [-0.2, 0) is 9.59 Å². The second-order valence-corrected chi connectivity index (χ2v) is 6.73. The first-order valence-corrected chi connectivity index (χ1v) is 8.74. The number of hydrogen-bond donors (Lipinski definition) is 2. The molecule has 1 unspecified atom stereocenters. The Morgan fingerprint density at radius 1 is 1.15 bits per heavy atom. The van der Waals surface area contributed by atoms with Crippen molar-refractivity contribution in [1.82, 2.24) is 5.32 Å². The van der Waals surface area contributed by atoms with Crippen molar-refractivity contribution in [2.75, 3.05) is 5.32 Å². The fourth-order valence-corrected chi connectivity index (χ4v) is 3.29. The minimum Gasteiger partial charge on any atom is -0.464 e. The predicted molar refractivity (Wildman–Crippen MR) is 100 cm³/mol. The molecule has 2 N–H and O–H groups in total. The Balaban J connectivity index is 1.62. The molecule has 27 heavy (non-hydrogen) atoms. The molecule has 1 aliphatic heterocycles. The molecule has 6 nitrogen and oxygen atoms in total. The van der Waals surface area contributed by atoms with Gasteiger partial charge in [0.15, 0.2) is 0 Å². The second kappa shape index (κ2) is 6.72. The Kier molecular flexibility index (Phi) is 4.24. The van der Waals surface area contributed by atoms with Crippen LogP contribution in [0.1, 0.15) is 40.2 Å². The number of nitrogens with one attached hydrogen (secondary N) is 2. The summed E-state index contributed by atoms with van der Waals surface area (Å²) in [5.41, 5.74) is 3.62. The van der Waals surface area contributed by atoms with Crippen molar-refractivity contribution in [3.63, 3.8) is 0 Å². The first-order valence-electron chi connectivity index (χ1n) is 8.74. The largest absolute Gasteiger partial charge is 0.464 e. The summed E-state index contributed by atoms with van der Waals surface area (Å²) in [6.07, 6.45) is 2.29. The summed E-state index contributed by atoms with van der Waals surface area (Å²) in [6, 6.07) is 12.6. The molecule has 0 saturated carbocycles. The fourth-order valence-electron chi connectivity index (χ4n) is 3.29. The highest BCUT2D eigenvalue weighted by molar-refractivity contribution is 6.06. The molecule has 1 aliphatic rings. The van der Waals surface area contributed by atoms with Crippen LogP contribution < -0.4 is 10.6 Å². The van der Waals surface area contributed by atoms with Gasteiger partial charge in [-0.3, -0.25) is 19.7 Å². The Labute approximate surface area is 155 Å². The molecule has 0 aliphatic carbocycles. The smallest absolute Gasteiger partial charge is 0.255 e. The number of anilines is 1. The lowest BCUT2D eigenvalue weighted by atomic mass is 9.90. The molecule has 1 atom stereocenters. The van der Waals surface area contributed by atoms with Gasteiger partial charge < -0.3 is 9.73 Å². The lowest BCUT2D eigenvalue weighted by molar-refractivity contribution is -0.134. The molecular weight excluding hydrogens is 344 g/mol. The van der Waals surface area contributed by atoms with E-state index in [-0.39, 0.29) is 17.7 Å². The third kappa shape index (κ3) is 3.33. The molecule has 4 rings (SSSR count). The summed E-state index contributed by atoms with van der Waals surface area (Å²) in [4.78, 5) is 36.0. The van der Waals surface area contributed by atoms with Gasteiger partial charge in [0.2, 0.25) is 11.8 Å². The topological polar surface area (TPSA) is 88.4 Å². The van der Waals surface area contributed by atoms with Crippen molar-refractivity contribution >= 4 is 34.4 Å². The van der Waals surface area contributed by atoms with Crippen LogP contribution in [0.3, 0.4) is 0 Å². The summed E-state index contributed by atoms with van der Waals surface area (Å²) in [6.45, 7) is 1.96. The van der Waals surface area contributed by atoms with E-state index in [9.17, 15) is 14.4 Å². The number of imide groups is 1. The third-order valence-corrected chi connectivity index (χ3v) is 4.79. The van der Waals surface area contributed by atoms with Gasteiger partial charge in [-0.2, -0.15) is 0 Å². The van der Waals surface area contributed by atoms with Crippen molar-refractivity contribution in [2.24, 2.45) is 0 Å². The molecule has 0 radical (unpaired) electrons. The maximum absolute atomic E-state index is 12.4. The quantitative estimate of drug-likeness (QED) is 0.698. The molecule has 0 spiro atoms. The van der Waals surface area contributed by atoms with E-state index in [1.807, 2.05) is 19.1 Å². The van der Waals surface area contributed by atoms with Crippen LogP contribution in [-0.4, -0.2) is 17.7 Å². The van der Waals surface area contributed by atoms with Crippen LogP contribution in [0.25, 0.3) is 11.0 Å². The van der Waals surface area contributed by atoms with Crippen molar-refractivity contribution in [3.8, 4) is 0 Å². The highest BCUT2D eigenvalue weighted by Crippen LogP contribution is 2.34. The summed E-state index contributed by atoms with van der Waals surface area (Å²) in [5.74, 6) is -1.22. The number of carbonyl (C=O) groups is 3. The SMILES string of the molecule is Cc1ccc(C(=O)Nc2ccc3occ(C4CCC(=O)NC4=O)c3c2)cc1. The molecule has 0 bridgehead atoms. The van der Waals surface area contributed by atoms with Crippen molar-refractivity contribution in [1.29, 1.82) is 0 Å². The minimum absolute atomic E-state index is 0.208. The minimum atomic E-state index is -0.438. The third-order valence-electron chi connectivity index (χ3n) is 4.79. The Bertz CT molecular complexity index is 1050. The lowest BCUT2D eigenvalue weighted by Crippen LogP contribution is -2.39. The van der Waals surface area contributed by atoms with Crippen molar-refractivity contribution in [3.05, 3.63) is 65.4 Å². The molecule has 3 aromatic rings. The number of furan rings is 1. The molecule has 1 fully saturated rings. The maximum Gasteiger partial charge on any atom is 0.255 e. The predicted octanol–water partition coefficient (Wildman–Crippen LogP) is 3.51. The van der Waals surface area contributed by atoms with Gasteiger partial charge in [-0.05, 0) is 43.7 Å². The van der Waals surface area contributed by atoms with Crippen LogP contribution in [0.5, 0.6) is 0 Å². The average Bonchev–Trinajstić information content (AvgIpc) is 3.05. The summed E-state index contributed by atoms with van der Waals surface area (Å²) >= 11 is 0. The standard InChI is InChI=1S/C21H18N2O4/c1-12-2-4-13(5-3-12)20(25)22-14-6-8-18-16(10-14)17(11-27-18)15-7-9-19(24)23-21(15)26/h2-6,8,10-11,15H,7,9H2,1H3,(H,22,25)(H,23,24,26). The van der Waals surface area contributed by atoms with Crippen molar-refractivity contribution in [2.45, 2.75) is 25.7 Å². The van der Waals surface area contributed by atoms with E-state index in [2.05, 4.69) is 10.6 Å². The monoisotopic (exact) mass is 362 g/mol.